The molecular formula is C26H18F2N2. The van der Waals surface area contributed by atoms with Crippen LogP contribution in [0.4, 0.5) is 14.5 Å². The van der Waals surface area contributed by atoms with Crippen LogP contribution in [0.1, 0.15) is 16.7 Å². The van der Waals surface area contributed by atoms with E-state index in [0.717, 1.165) is 16.8 Å². The van der Waals surface area contributed by atoms with Gasteiger partial charge in [-0.05, 0) is 40.8 Å². The SMILES string of the molecule is Fc1ccc(C2=N[C@@]3(c4ccc(F)cc4)Cc4ccc5ccccc5c4N3C2)cc1. The first kappa shape index (κ1) is 17.3. The predicted molar refractivity (Wildman–Crippen MR) is 116 cm³/mol. The zero-order valence-electron chi connectivity index (χ0n) is 16.1. The third kappa shape index (κ3) is 2.43. The average molecular weight is 396 g/mol. The van der Waals surface area contributed by atoms with Crippen molar-refractivity contribution < 1.29 is 8.78 Å². The first-order valence-corrected chi connectivity index (χ1v) is 10.0. The maximum atomic E-state index is 13.7. The summed E-state index contributed by atoms with van der Waals surface area (Å²) in [5, 5.41) is 2.37. The first-order valence-electron chi connectivity index (χ1n) is 10.0. The van der Waals surface area contributed by atoms with Crippen molar-refractivity contribution in [2.24, 2.45) is 4.99 Å². The molecule has 4 aromatic carbocycles. The second-order valence-corrected chi connectivity index (χ2v) is 7.95. The number of halogens is 2. The van der Waals surface area contributed by atoms with Gasteiger partial charge in [0.2, 0.25) is 0 Å². The van der Waals surface area contributed by atoms with Crippen LogP contribution in [0.2, 0.25) is 0 Å². The van der Waals surface area contributed by atoms with E-state index in [4.69, 9.17) is 4.99 Å². The molecule has 0 aliphatic carbocycles. The van der Waals surface area contributed by atoms with Gasteiger partial charge in [0.15, 0.2) is 5.66 Å². The van der Waals surface area contributed by atoms with Crippen molar-refractivity contribution in [2.75, 3.05) is 11.4 Å². The lowest BCUT2D eigenvalue weighted by atomic mass is 9.95. The molecule has 0 aromatic heterocycles. The molecule has 6 rings (SSSR count). The van der Waals surface area contributed by atoms with Gasteiger partial charge in [0, 0.05) is 17.4 Å². The van der Waals surface area contributed by atoms with E-state index in [2.05, 4.69) is 35.2 Å². The zero-order valence-corrected chi connectivity index (χ0v) is 16.1. The molecule has 4 aromatic rings. The third-order valence-corrected chi connectivity index (χ3v) is 6.25. The molecule has 0 unspecified atom stereocenters. The molecule has 0 fully saturated rings. The van der Waals surface area contributed by atoms with Crippen LogP contribution < -0.4 is 4.90 Å². The minimum atomic E-state index is -0.621. The standard InChI is InChI=1S/C26H18F2N2/c27-21-11-7-18(8-12-21)24-16-30-25-19(6-5-17-3-1-2-4-23(17)25)15-26(30,29-24)20-9-13-22(28)14-10-20/h1-14H,15-16H2/t26-/m0/s1. The summed E-state index contributed by atoms with van der Waals surface area (Å²) in [5.41, 5.74) is 4.58. The van der Waals surface area contributed by atoms with E-state index < -0.39 is 5.66 Å². The van der Waals surface area contributed by atoms with Crippen molar-refractivity contribution in [1.29, 1.82) is 0 Å². The molecule has 0 radical (unpaired) electrons. The van der Waals surface area contributed by atoms with Crippen LogP contribution in [0.25, 0.3) is 10.8 Å². The summed E-state index contributed by atoms with van der Waals surface area (Å²) in [6.07, 6.45) is 0.712. The van der Waals surface area contributed by atoms with Crippen LogP contribution in [0, 0.1) is 11.6 Å². The Kier molecular flexibility index (Phi) is 3.60. The van der Waals surface area contributed by atoms with Gasteiger partial charge in [-0.25, -0.2) is 8.78 Å². The highest BCUT2D eigenvalue weighted by Crippen LogP contribution is 2.51. The quantitative estimate of drug-likeness (QED) is 0.416. The molecule has 2 heterocycles. The summed E-state index contributed by atoms with van der Waals surface area (Å²) in [6.45, 7) is 0.615. The van der Waals surface area contributed by atoms with Gasteiger partial charge in [0.25, 0.3) is 0 Å². The van der Waals surface area contributed by atoms with Crippen LogP contribution in [0.5, 0.6) is 0 Å². The third-order valence-electron chi connectivity index (χ3n) is 6.25. The number of anilines is 1. The number of aliphatic imine (C=N–C) groups is 1. The van der Waals surface area contributed by atoms with Gasteiger partial charge in [-0.2, -0.15) is 0 Å². The molecule has 0 N–H and O–H groups in total. The van der Waals surface area contributed by atoms with Gasteiger partial charge in [-0.1, -0.05) is 60.7 Å². The summed E-state index contributed by atoms with van der Waals surface area (Å²) >= 11 is 0. The van der Waals surface area contributed by atoms with Crippen LogP contribution >= 0.6 is 0 Å². The van der Waals surface area contributed by atoms with Crippen molar-refractivity contribution in [2.45, 2.75) is 12.1 Å². The molecule has 1 atom stereocenters. The van der Waals surface area contributed by atoms with Crippen molar-refractivity contribution in [3.63, 3.8) is 0 Å². The van der Waals surface area contributed by atoms with Crippen LogP contribution in [0.15, 0.2) is 89.9 Å². The predicted octanol–water partition coefficient (Wildman–Crippen LogP) is 5.84. The van der Waals surface area contributed by atoms with Crippen LogP contribution in [-0.4, -0.2) is 12.3 Å². The monoisotopic (exact) mass is 396 g/mol. The fourth-order valence-corrected chi connectivity index (χ4v) is 4.86. The fourth-order valence-electron chi connectivity index (χ4n) is 4.86. The Balaban J connectivity index is 1.57. The van der Waals surface area contributed by atoms with Crippen molar-refractivity contribution in [3.05, 3.63) is 113 Å². The normalized spacial score (nSPS) is 19.7. The number of benzene rings is 4. The Labute approximate surface area is 173 Å². The lowest BCUT2D eigenvalue weighted by Gasteiger charge is -2.32. The van der Waals surface area contributed by atoms with E-state index in [-0.39, 0.29) is 11.6 Å². The topological polar surface area (TPSA) is 15.6 Å². The summed E-state index contributed by atoms with van der Waals surface area (Å²) in [7, 11) is 0. The Bertz CT molecular complexity index is 1310. The molecule has 2 aliphatic heterocycles. The summed E-state index contributed by atoms with van der Waals surface area (Å²) < 4.78 is 27.1. The zero-order chi connectivity index (χ0) is 20.3. The summed E-state index contributed by atoms with van der Waals surface area (Å²) in [6, 6.07) is 25.8. The molecule has 0 spiro atoms. The van der Waals surface area contributed by atoms with E-state index in [1.165, 1.54) is 46.3 Å². The smallest absolute Gasteiger partial charge is 0.162 e. The van der Waals surface area contributed by atoms with E-state index in [1.807, 2.05) is 18.2 Å². The van der Waals surface area contributed by atoms with Crippen molar-refractivity contribution >= 4 is 22.2 Å². The number of hydrogen-bond acceptors (Lipinski definition) is 2. The molecule has 146 valence electrons. The minimum Gasteiger partial charge on any atom is -0.336 e. The summed E-state index contributed by atoms with van der Waals surface area (Å²) in [5.74, 6) is -0.522. The lowest BCUT2D eigenvalue weighted by molar-refractivity contribution is 0.481. The van der Waals surface area contributed by atoms with Gasteiger partial charge in [0.1, 0.15) is 11.6 Å². The van der Waals surface area contributed by atoms with E-state index in [1.54, 1.807) is 12.1 Å². The maximum Gasteiger partial charge on any atom is 0.162 e. The average Bonchev–Trinajstić information content (AvgIpc) is 3.29. The molecule has 0 saturated carbocycles. The molecule has 0 bridgehead atoms. The molecular weight excluding hydrogens is 378 g/mol. The molecule has 30 heavy (non-hydrogen) atoms. The Morgan fingerprint density at radius 1 is 0.767 bits per heavy atom. The molecule has 0 amide bonds. The number of rotatable bonds is 2. The highest BCUT2D eigenvalue weighted by molar-refractivity contribution is 6.09. The highest BCUT2D eigenvalue weighted by Gasteiger charge is 2.50. The van der Waals surface area contributed by atoms with Gasteiger partial charge >= 0.3 is 0 Å². The Hall–Kier alpha value is -3.53. The van der Waals surface area contributed by atoms with Crippen molar-refractivity contribution in [1.82, 2.24) is 0 Å². The Morgan fingerprint density at radius 3 is 2.23 bits per heavy atom. The highest BCUT2D eigenvalue weighted by atomic mass is 19.1. The number of nitrogens with zero attached hydrogens (tertiary/aromatic N) is 2. The fraction of sp³-hybridized carbons (Fsp3) is 0.115. The van der Waals surface area contributed by atoms with Gasteiger partial charge in [-0.3, -0.25) is 4.99 Å². The van der Waals surface area contributed by atoms with Crippen LogP contribution in [0.3, 0.4) is 0 Å². The van der Waals surface area contributed by atoms with Crippen LogP contribution in [-0.2, 0) is 12.1 Å². The van der Waals surface area contributed by atoms with Crippen molar-refractivity contribution in [3.8, 4) is 0 Å². The minimum absolute atomic E-state index is 0.261. The number of hydrogen-bond donors (Lipinski definition) is 0. The van der Waals surface area contributed by atoms with E-state index >= 15 is 0 Å². The lowest BCUT2D eigenvalue weighted by Crippen LogP contribution is -2.39. The molecule has 0 saturated heterocycles. The van der Waals surface area contributed by atoms with E-state index in [9.17, 15) is 8.78 Å². The van der Waals surface area contributed by atoms with Gasteiger partial charge < -0.3 is 4.90 Å². The largest absolute Gasteiger partial charge is 0.336 e. The van der Waals surface area contributed by atoms with E-state index in [0.29, 0.717) is 13.0 Å². The molecule has 2 aliphatic rings. The number of fused-ring (bicyclic) bond motifs is 5. The molecule has 4 heteroatoms. The Morgan fingerprint density at radius 2 is 1.47 bits per heavy atom. The molecule has 2 nitrogen and oxygen atoms in total. The second-order valence-electron chi connectivity index (χ2n) is 7.95. The second kappa shape index (κ2) is 6.23. The summed E-state index contributed by atoms with van der Waals surface area (Å²) in [4.78, 5) is 7.53. The maximum absolute atomic E-state index is 13.7. The van der Waals surface area contributed by atoms with Gasteiger partial charge in [0.05, 0.1) is 17.9 Å². The first-order chi connectivity index (χ1) is 14.6. The van der Waals surface area contributed by atoms with Gasteiger partial charge in [-0.15, -0.1) is 0 Å².